The Labute approximate surface area is 83.7 Å². The molecule has 13 heavy (non-hydrogen) atoms. The molecule has 2 nitrogen and oxygen atoms in total. The number of allylic oxidation sites excluding steroid dienone is 1. The summed E-state index contributed by atoms with van der Waals surface area (Å²) in [7, 11) is 0. The minimum Gasteiger partial charge on any atom is -0.306 e. The average molecular weight is 204 g/mol. The fraction of sp³-hybridized carbons (Fsp3) is 0.800. The smallest absolute Gasteiger partial charge is 0.152 e. The lowest BCUT2D eigenvalue weighted by atomic mass is 10.1. The van der Waals surface area contributed by atoms with Crippen LogP contribution in [-0.4, -0.2) is 14.5 Å². The lowest BCUT2D eigenvalue weighted by Gasteiger charge is -1.98. The van der Waals surface area contributed by atoms with E-state index in [-0.39, 0.29) is 0 Å². The van der Waals surface area contributed by atoms with Gasteiger partial charge in [-0.1, -0.05) is 31.8 Å². The second kappa shape index (κ2) is 9.93. The topological polar surface area (TPSA) is 37.3 Å². The first-order valence-corrected chi connectivity index (χ1v) is 6.23. The second-order valence-electron chi connectivity index (χ2n) is 3.22. The van der Waals surface area contributed by atoms with E-state index >= 15 is 0 Å². The van der Waals surface area contributed by atoms with Crippen molar-refractivity contribution in [2.75, 3.05) is 5.75 Å². The molecule has 0 aliphatic heterocycles. The molecule has 0 amide bonds. The Morgan fingerprint density at radius 1 is 1.08 bits per heavy atom. The van der Waals surface area contributed by atoms with E-state index in [1.165, 1.54) is 25.7 Å². The van der Waals surface area contributed by atoms with E-state index in [1.807, 2.05) is 6.08 Å². The molecular formula is C10H20O2S. The Kier molecular flexibility index (Phi) is 9.82. The van der Waals surface area contributed by atoms with Crippen LogP contribution in [-0.2, 0) is 11.1 Å². The van der Waals surface area contributed by atoms with Gasteiger partial charge in [0.05, 0.1) is 0 Å². The predicted octanol–water partition coefficient (Wildman–Crippen LogP) is 3.12. The molecule has 0 saturated heterocycles. The van der Waals surface area contributed by atoms with Gasteiger partial charge in [-0.2, -0.15) is 0 Å². The Balaban J connectivity index is 2.91. The molecule has 0 rings (SSSR count). The second-order valence-corrected chi connectivity index (χ2v) is 4.28. The summed E-state index contributed by atoms with van der Waals surface area (Å²) in [5.74, 6) is 0.437. The van der Waals surface area contributed by atoms with Crippen molar-refractivity contribution in [1.82, 2.24) is 0 Å². The summed E-state index contributed by atoms with van der Waals surface area (Å²) in [6.07, 6.45) is 9.95. The van der Waals surface area contributed by atoms with Crippen LogP contribution >= 0.6 is 0 Å². The van der Waals surface area contributed by atoms with Gasteiger partial charge in [0, 0.05) is 5.75 Å². The molecule has 1 atom stereocenters. The van der Waals surface area contributed by atoms with Crippen molar-refractivity contribution < 1.29 is 8.76 Å². The van der Waals surface area contributed by atoms with Crippen molar-refractivity contribution in [2.45, 2.75) is 44.9 Å². The van der Waals surface area contributed by atoms with Crippen molar-refractivity contribution in [3.8, 4) is 0 Å². The van der Waals surface area contributed by atoms with Gasteiger partial charge in [0.25, 0.3) is 0 Å². The fourth-order valence-corrected chi connectivity index (χ4v) is 1.67. The van der Waals surface area contributed by atoms with E-state index in [2.05, 4.69) is 6.58 Å². The van der Waals surface area contributed by atoms with Gasteiger partial charge in [-0.3, -0.25) is 0 Å². The fourth-order valence-electron chi connectivity index (χ4n) is 1.22. The third-order valence-electron chi connectivity index (χ3n) is 1.98. The van der Waals surface area contributed by atoms with E-state index in [0.29, 0.717) is 5.75 Å². The molecule has 0 radical (unpaired) electrons. The van der Waals surface area contributed by atoms with E-state index in [9.17, 15) is 4.21 Å². The molecule has 0 saturated carbocycles. The number of hydrogen-bond donors (Lipinski definition) is 1. The molecular weight excluding hydrogens is 184 g/mol. The molecule has 0 aliphatic carbocycles. The van der Waals surface area contributed by atoms with E-state index in [4.69, 9.17) is 4.55 Å². The lowest BCUT2D eigenvalue weighted by molar-refractivity contribution is 0.555. The highest BCUT2D eigenvalue weighted by molar-refractivity contribution is 7.79. The van der Waals surface area contributed by atoms with Crippen LogP contribution in [0.25, 0.3) is 0 Å². The van der Waals surface area contributed by atoms with Crippen LogP contribution in [0.1, 0.15) is 44.9 Å². The van der Waals surface area contributed by atoms with Gasteiger partial charge in [-0.05, 0) is 19.3 Å². The lowest BCUT2D eigenvalue weighted by Crippen LogP contribution is -1.94. The third-order valence-corrected chi connectivity index (χ3v) is 2.62. The summed E-state index contributed by atoms with van der Waals surface area (Å²) >= 11 is -1.59. The van der Waals surface area contributed by atoms with Gasteiger partial charge in [0.1, 0.15) is 0 Å². The summed E-state index contributed by atoms with van der Waals surface area (Å²) in [6, 6.07) is 0. The molecule has 78 valence electrons. The van der Waals surface area contributed by atoms with Crippen LogP contribution in [0.15, 0.2) is 12.7 Å². The van der Waals surface area contributed by atoms with Gasteiger partial charge < -0.3 is 4.55 Å². The Hall–Kier alpha value is -0.150. The molecule has 0 aromatic heterocycles. The molecule has 1 unspecified atom stereocenters. The van der Waals surface area contributed by atoms with Crippen LogP contribution in [0.5, 0.6) is 0 Å². The van der Waals surface area contributed by atoms with Crippen molar-refractivity contribution in [3.05, 3.63) is 12.7 Å². The highest BCUT2D eigenvalue weighted by atomic mass is 32.2. The predicted molar refractivity (Wildman–Crippen MR) is 58.2 cm³/mol. The van der Waals surface area contributed by atoms with Gasteiger partial charge >= 0.3 is 0 Å². The quantitative estimate of drug-likeness (QED) is 0.356. The van der Waals surface area contributed by atoms with E-state index in [0.717, 1.165) is 19.3 Å². The number of unbranched alkanes of at least 4 members (excludes halogenated alkanes) is 6. The van der Waals surface area contributed by atoms with E-state index in [1.54, 1.807) is 0 Å². The summed E-state index contributed by atoms with van der Waals surface area (Å²) in [6.45, 7) is 3.67. The van der Waals surface area contributed by atoms with Crippen molar-refractivity contribution >= 4 is 11.1 Å². The van der Waals surface area contributed by atoms with Crippen molar-refractivity contribution in [2.24, 2.45) is 0 Å². The molecule has 1 N–H and O–H groups in total. The van der Waals surface area contributed by atoms with Gasteiger partial charge in [0.15, 0.2) is 11.1 Å². The zero-order valence-electron chi connectivity index (χ0n) is 8.21. The molecule has 0 fully saturated rings. The zero-order valence-corrected chi connectivity index (χ0v) is 9.02. The van der Waals surface area contributed by atoms with Crippen LogP contribution in [0.2, 0.25) is 0 Å². The first kappa shape index (κ1) is 12.8. The van der Waals surface area contributed by atoms with Gasteiger partial charge in [0.2, 0.25) is 0 Å². The molecule has 0 aromatic carbocycles. The van der Waals surface area contributed by atoms with Crippen LogP contribution in [0, 0.1) is 0 Å². The summed E-state index contributed by atoms with van der Waals surface area (Å²) < 4.78 is 18.8. The molecule has 0 aromatic rings. The maximum Gasteiger partial charge on any atom is 0.152 e. The van der Waals surface area contributed by atoms with Crippen LogP contribution in [0.4, 0.5) is 0 Å². The Morgan fingerprint density at radius 3 is 2.15 bits per heavy atom. The van der Waals surface area contributed by atoms with Crippen molar-refractivity contribution in [3.63, 3.8) is 0 Å². The normalized spacial score (nSPS) is 12.7. The Bertz CT molecular complexity index is 146. The van der Waals surface area contributed by atoms with Crippen molar-refractivity contribution in [1.29, 1.82) is 0 Å². The standard InChI is InChI=1S/C10H20O2S/c1-2-3-4-5-6-7-8-9-10-13(11)12/h2H,1,3-10H2,(H,11,12). The monoisotopic (exact) mass is 204 g/mol. The van der Waals surface area contributed by atoms with Crippen LogP contribution < -0.4 is 0 Å². The molecule has 0 spiro atoms. The minimum absolute atomic E-state index is 0.437. The number of hydrogen-bond acceptors (Lipinski definition) is 1. The maximum absolute atomic E-state index is 10.3. The number of rotatable bonds is 9. The van der Waals surface area contributed by atoms with Crippen LogP contribution in [0.3, 0.4) is 0 Å². The molecule has 0 bridgehead atoms. The van der Waals surface area contributed by atoms with Gasteiger partial charge in [-0.25, -0.2) is 4.21 Å². The summed E-state index contributed by atoms with van der Waals surface area (Å²) in [4.78, 5) is 0. The Morgan fingerprint density at radius 2 is 1.62 bits per heavy atom. The largest absolute Gasteiger partial charge is 0.306 e. The summed E-state index contributed by atoms with van der Waals surface area (Å²) in [5, 5.41) is 0. The zero-order chi connectivity index (χ0) is 9.94. The van der Waals surface area contributed by atoms with Gasteiger partial charge in [-0.15, -0.1) is 6.58 Å². The highest BCUT2D eigenvalue weighted by Gasteiger charge is 1.93. The highest BCUT2D eigenvalue weighted by Crippen LogP contribution is 2.07. The first-order valence-electron chi connectivity index (χ1n) is 4.95. The van der Waals surface area contributed by atoms with E-state index < -0.39 is 11.1 Å². The maximum atomic E-state index is 10.3. The first-order chi connectivity index (χ1) is 6.27. The minimum atomic E-state index is -1.59. The molecule has 0 aliphatic rings. The third kappa shape index (κ3) is 11.9. The summed E-state index contributed by atoms with van der Waals surface area (Å²) in [5.41, 5.74) is 0. The SMILES string of the molecule is C=CCCCCCCCCS(=O)O. The molecule has 3 heteroatoms. The average Bonchev–Trinajstić information content (AvgIpc) is 2.09. The molecule has 0 heterocycles.